The van der Waals surface area contributed by atoms with Crippen LogP contribution in [-0.4, -0.2) is 16.1 Å². The van der Waals surface area contributed by atoms with Gasteiger partial charge in [-0.15, -0.1) is 0 Å². The van der Waals surface area contributed by atoms with E-state index in [-0.39, 0.29) is 23.8 Å². The van der Waals surface area contributed by atoms with Crippen molar-refractivity contribution < 1.29 is 13.6 Å². The van der Waals surface area contributed by atoms with Crippen molar-refractivity contribution in [3.8, 4) is 0 Å². The van der Waals surface area contributed by atoms with Crippen LogP contribution in [-0.2, 0) is 11.2 Å². The molecular weight excluding hydrogens is 380 g/mol. The van der Waals surface area contributed by atoms with E-state index in [2.05, 4.69) is 15.5 Å². The van der Waals surface area contributed by atoms with Gasteiger partial charge >= 0.3 is 0 Å². The van der Waals surface area contributed by atoms with Gasteiger partial charge in [-0.05, 0) is 52.2 Å². The number of benzene rings is 2. The number of carbonyl (C=O) groups is 1. The van der Waals surface area contributed by atoms with Gasteiger partial charge < -0.3 is 5.32 Å². The van der Waals surface area contributed by atoms with Crippen molar-refractivity contribution in [1.82, 2.24) is 10.2 Å². The number of halogens is 2. The van der Waals surface area contributed by atoms with Gasteiger partial charge in [0.1, 0.15) is 11.6 Å². The fourth-order valence-corrected chi connectivity index (χ4v) is 3.47. The molecular formula is C21H15F2N3OS. The molecule has 4 aromatic rings. The van der Waals surface area contributed by atoms with Crippen molar-refractivity contribution in [2.75, 3.05) is 5.32 Å². The van der Waals surface area contributed by atoms with E-state index in [1.807, 2.05) is 16.8 Å². The summed E-state index contributed by atoms with van der Waals surface area (Å²) in [7, 11) is 0. The Labute approximate surface area is 163 Å². The molecule has 140 valence electrons. The normalized spacial score (nSPS) is 11.4. The van der Waals surface area contributed by atoms with Gasteiger partial charge in [0, 0.05) is 11.5 Å². The Morgan fingerprint density at radius 1 is 1.14 bits per heavy atom. The van der Waals surface area contributed by atoms with E-state index in [1.165, 1.54) is 29.5 Å². The summed E-state index contributed by atoms with van der Waals surface area (Å²) >= 11 is 1.51. The molecule has 0 aliphatic rings. The summed E-state index contributed by atoms with van der Waals surface area (Å²) in [5.41, 5.74) is 2.91. The molecule has 0 atom stereocenters. The number of H-pyrrole nitrogens is 1. The Balaban J connectivity index is 1.58. The van der Waals surface area contributed by atoms with Crippen LogP contribution in [0.4, 0.5) is 14.5 Å². The Bertz CT molecular complexity index is 1150. The predicted octanol–water partition coefficient (Wildman–Crippen LogP) is 5.25. The van der Waals surface area contributed by atoms with Gasteiger partial charge in [0.15, 0.2) is 0 Å². The first kappa shape index (κ1) is 18.1. The highest BCUT2D eigenvalue weighted by molar-refractivity contribution is 7.08. The second kappa shape index (κ2) is 7.74. The molecule has 0 fully saturated rings. The average Bonchev–Trinajstić information content (AvgIpc) is 3.31. The molecule has 2 N–H and O–H groups in total. The standard InChI is InChI=1S/C21H15F2N3OS/c22-15-4-1-13(2-5-15)3-6-18-16-10-20(17(23)11-19(16)26-25-18)24-21(27)9-14-7-8-28-12-14/h1-8,10-12H,9H2,(H,24,27)(H,25,26)/b6-3+. The van der Waals surface area contributed by atoms with Crippen molar-refractivity contribution in [2.24, 2.45) is 0 Å². The molecule has 4 nitrogen and oxygen atoms in total. The molecule has 4 rings (SSSR count). The lowest BCUT2D eigenvalue weighted by molar-refractivity contribution is -0.115. The number of rotatable bonds is 5. The molecule has 2 aromatic heterocycles. The van der Waals surface area contributed by atoms with Gasteiger partial charge in [-0.3, -0.25) is 9.89 Å². The van der Waals surface area contributed by atoms with E-state index in [1.54, 1.807) is 30.4 Å². The topological polar surface area (TPSA) is 57.8 Å². The molecule has 0 unspecified atom stereocenters. The van der Waals surface area contributed by atoms with E-state index >= 15 is 0 Å². The van der Waals surface area contributed by atoms with Crippen LogP contribution in [0.2, 0.25) is 0 Å². The zero-order valence-corrected chi connectivity index (χ0v) is 15.4. The van der Waals surface area contributed by atoms with Gasteiger partial charge in [0.05, 0.1) is 23.3 Å². The minimum Gasteiger partial charge on any atom is -0.323 e. The summed E-state index contributed by atoms with van der Waals surface area (Å²) < 4.78 is 27.3. The smallest absolute Gasteiger partial charge is 0.228 e. The maximum Gasteiger partial charge on any atom is 0.228 e. The van der Waals surface area contributed by atoms with Crippen molar-refractivity contribution >= 4 is 46.0 Å². The molecule has 0 spiro atoms. The van der Waals surface area contributed by atoms with E-state index in [0.29, 0.717) is 16.6 Å². The maximum absolute atomic E-state index is 14.3. The molecule has 0 aliphatic carbocycles. The van der Waals surface area contributed by atoms with Crippen molar-refractivity contribution in [3.63, 3.8) is 0 Å². The number of carbonyl (C=O) groups excluding carboxylic acids is 1. The maximum atomic E-state index is 14.3. The highest BCUT2D eigenvalue weighted by Crippen LogP contribution is 2.25. The number of nitrogens with zero attached hydrogens (tertiary/aromatic N) is 1. The molecule has 1 amide bonds. The van der Waals surface area contributed by atoms with Crippen LogP contribution >= 0.6 is 11.3 Å². The third kappa shape index (κ3) is 3.99. The van der Waals surface area contributed by atoms with E-state index in [0.717, 1.165) is 11.1 Å². The molecule has 28 heavy (non-hydrogen) atoms. The number of hydrogen-bond donors (Lipinski definition) is 2. The Kier molecular flexibility index (Phi) is 4.99. The first-order valence-electron chi connectivity index (χ1n) is 8.51. The summed E-state index contributed by atoms with van der Waals surface area (Å²) in [6, 6.07) is 10.8. The quantitative estimate of drug-likeness (QED) is 0.485. The summed E-state index contributed by atoms with van der Waals surface area (Å²) in [4.78, 5) is 12.2. The number of hydrogen-bond acceptors (Lipinski definition) is 3. The van der Waals surface area contributed by atoms with Crippen molar-refractivity contribution in [3.05, 3.63) is 81.7 Å². The van der Waals surface area contributed by atoms with Gasteiger partial charge in [-0.1, -0.05) is 18.2 Å². The van der Waals surface area contributed by atoms with Crippen LogP contribution in [0.1, 0.15) is 16.8 Å². The molecule has 7 heteroatoms. The van der Waals surface area contributed by atoms with E-state index in [4.69, 9.17) is 0 Å². The second-order valence-corrected chi connectivity index (χ2v) is 7.01. The number of thiophene rings is 1. The first-order valence-corrected chi connectivity index (χ1v) is 9.45. The number of aromatic amines is 1. The summed E-state index contributed by atoms with van der Waals surface area (Å²) in [5.74, 6) is -1.13. The number of nitrogens with one attached hydrogen (secondary N) is 2. The summed E-state index contributed by atoms with van der Waals surface area (Å²) in [6.07, 6.45) is 3.72. The predicted molar refractivity (Wildman–Crippen MR) is 108 cm³/mol. The molecule has 2 heterocycles. The minimum atomic E-state index is -0.538. The van der Waals surface area contributed by atoms with E-state index < -0.39 is 5.82 Å². The number of anilines is 1. The number of aromatic nitrogens is 2. The van der Waals surface area contributed by atoms with Crippen LogP contribution in [0, 0.1) is 11.6 Å². The second-order valence-electron chi connectivity index (χ2n) is 6.23. The Morgan fingerprint density at radius 3 is 2.71 bits per heavy atom. The largest absolute Gasteiger partial charge is 0.323 e. The lowest BCUT2D eigenvalue weighted by Crippen LogP contribution is -2.15. The van der Waals surface area contributed by atoms with Crippen molar-refractivity contribution in [2.45, 2.75) is 6.42 Å². The van der Waals surface area contributed by atoms with Crippen LogP contribution in [0.15, 0.2) is 53.2 Å². The van der Waals surface area contributed by atoms with Gasteiger partial charge in [0.25, 0.3) is 0 Å². The lowest BCUT2D eigenvalue weighted by atomic mass is 10.1. The third-order valence-corrected chi connectivity index (χ3v) is 4.93. The van der Waals surface area contributed by atoms with Crippen LogP contribution in [0.25, 0.3) is 23.1 Å². The zero-order valence-electron chi connectivity index (χ0n) is 14.6. The van der Waals surface area contributed by atoms with Crippen LogP contribution in [0.3, 0.4) is 0 Å². The Hall–Kier alpha value is -3.32. The van der Waals surface area contributed by atoms with Crippen molar-refractivity contribution in [1.29, 1.82) is 0 Å². The highest BCUT2D eigenvalue weighted by Gasteiger charge is 2.12. The summed E-state index contributed by atoms with van der Waals surface area (Å²) in [5, 5.41) is 14.0. The Morgan fingerprint density at radius 2 is 1.96 bits per heavy atom. The lowest BCUT2D eigenvalue weighted by Gasteiger charge is -2.06. The molecule has 2 aromatic carbocycles. The number of fused-ring (bicyclic) bond motifs is 1. The zero-order chi connectivity index (χ0) is 19.5. The first-order chi connectivity index (χ1) is 13.6. The van der Waals surface area contributed by atoms with Crippen LogP contribution < -0.4 is 5.32 Å². The summed E-state index contributed by atoms with van der Waals surface area (Å²) in [6.45, 7) is 0. The monoisotopic (exact) mass is 395 g/mol. The molecule has 0 bridgehead atoms. The average molecular weight is 395 g/mol. The molecule has 0 aliphatic heterocycles. The fraction of sp³-hybridized carbons (Fsp3) is 0.0476. The van der Waals surface area contributed by atoms with Gasteiger partial charge in [0.2, 0.25) is 5.91 Å². The third-order valence-electron chi connectivity index (χ3n) is 4.20. The van der Waals surface area contributed by atoms with E-state index in [9.17, 15) is 13.6 Å². The van der Waals surface area contributed by atoms with Gasteiger partial charge in [-0.25, -0.2) is 8.78 Å². The minimum absolute atomic E-state index is 0.102. The number of amides is 1. The van der Waals surface area contributed by atoms with Crippen LogP contribution in [0.5, 0.6) is 0 Å². The van der Waals surface area contributed by atoms with Gasteiger partial charge in [-0.2, -0.15) is 16.4 Å². The SMILES string of the molecule is O=C(Cc1ccsc1)Nc1cc2c(/C=C/c3ccc(F)cc3)n[nH]c2cc1F. The molecule has 0 saturated heterocycles. The fourth-order valence-electron chi connectivity index (χ4n) is 2.80. The molecule has 0 radical (unpaired) electrons. The highest BCUT2D eigenvalue weighted by atomic mass is 32.1. The molecule has 0 saturated carbocycles.